The first kappa shape index (κ1) is 17.4. The SMILES string of the molecule is C[C@H](OC(=O)c1ccc(Cl)cc1Cl)c1nnc(-c2ccc(F)cc2)o1. The Labute approximate surface area is 152 Å². The lowest BCUT2D eigenvalue weighted by atomic mass is 10.2. The minimum atomic E-state index is -0.791. The minimum Gasteiger partial charge on any atom is -0.449 e. The number of aromatic nitrogens is 2. The summed E-state index contributed by atoms with van der Waals surface area (Å²) in [6, 6.07) is 10.0. The summed E-state index contributed by atoms with van der Waals surface area (Å²) in [5.41, 5.74) is 0.732. The largest absolute Gasteiger partial charge is 0.449 e. The second-order valence-electron chi connectivity index (χ2n) is 5.12. The fourth-order valence-corrected chi connectivity index (χ4v) is 2.52. The van der Waals surface area contributed by atoms with E-state index in [9.17, 15) is 9.18 Å². The quantitative estimate of drug-likeness (QED) is 0.589. The summed E-state index contributed by atoms with van der Waals surface area (Å²) in [4.78, 5) is 12.2. The number of halogens is 3. The predicted octanol–water partition coefficient (Wildman–Crippen LogP) is 5.10. The van der Waals surface area contributed by atoms with Gasteiger partial charge in [0.25, 0.3) is 5.89 Å². The molecule has 0 bridgehead atoms. The van der Waals surface area contributed by atoms with Gasteiger partial charge in [0.15, 0.2) is 6.10 Å². The lowest BCUT2D eigenvalue weighted by Gasteiger charge is -2.10. The molecular weight excluding hydrogens is 370 g/mol. The summed E-state index contributed by atoms with van der Waals surface area (Å²) in [5, 5.41) is 8.32. The zero-order chi connectivity index (χ0) is 18.0. The molecule has 25 heavy (non-hydrogen) atoms. The van der Waals surface area contributed by atoms with Crippen LogP contribution in [0.1, 0.15) is 29.3 Å². The average molecular weight is 381 g/mol. The van der Waals surface area contributed by atoms with Gasteiger partial charge in [0.05, 0.1) is 10.6 Å². The molecule has 1 atom stereocenters. The van der Waals surface area contributed by atoms with Crippen LogP contribution in [0.5, 0.6) is 0 Å². The average Bonchev–Trinajstić information content (AvgIpc) is 3.05. The molecule has 3 aromatic rings. The fraction of sp³-hybridized carbons (Fsp3) is 0.118. The van der Waals surface area contributed by atoms with Gasteiger partial charge in [0.1, 0.15) is 5.82 Å². The van der Waals surface area contributed by atoms with Crippen LogP contribution in [-0.4, -0.2) is 16.2 Å². The van der Waals surface area contributed by atoms with E-state index in [0.717, 1.165) is 0 Å². The van der Waals surface area contributed by atoms with Gasteiger partial charge >= 0.3 is 5.97 Å². The molecule has 0 aliphatic rings. The van der Waals surface area contributed by atoms with Gasteiger partial charge in [-0.15, -0.1) is 10.2 Å². The van der Waals surface area contributed by atoms with Crippen molar-refractivity contribution in [3.05, 3.63) is 69.8 Å². The maximum absolute atomic E-state index is 13.0. The molecule has 0 amide bonds. The first-order valence-corrected chi connectivity index (χ1v) is 7.95. The Morgan fingerprint density at radius 1 is 1.16 bits per heavy atom. The van der Waals surface area contributed by atoms with Crippen molar-refractivity contribution < 1.29 is 18.3 Å². The molecule has 0 N–H and O–H groups in total. The molecule has 128 valence electrons. The summed E-state index contributed by atoms with van der Waals surface area (Å²) in [6.07, 6.45) is -0.791. The summed E-state index contributed by atoms with van der Waals surface area (Å²) >= 11 is 11.8. The van der Waals surface area contributed by atoms with Gasteiger partial charge in [0, 0.05) is 10.6 Å². The van der Waals surface area contributed by atoms with E-state index in [2.05, 4.69) is 10.2 Å². The summed E-state index contributed by atoms with van der Waals surface area (Å²) in [6.45, 7) is 1.59. The first-order chi connectivity index (χ1) is 11.9. The number of carbonyl (C=O) groups is 1. The van der Waals surface area contributed by atoms with Crippen LogP contribution in [0.25, 0.3) is 11.5 Å². The molecular formula is C17H11Cl2FN2O3. The van der Waals surface area contributed by atoms with Crippen LogP contribution in [-0.2, 0) is 4.74 Å². The van der Waals surface area contributed by atoms with E-state index < -0.39 is 12.1 Å². The van der Waals surface area contributed by atoms with Crippen LogP contribution < -0.4 is 0 Å². The number of ether oxygens (including phenoxy) is 1. The van der Waals surface area contributed by atoms with Gasteiger partial charge in [-0.25, -0.2) is 9.18 Å². The highest BCUT2D eigenvalue weighted by Gasteiger charge is 2.21. The van der Waals surface area contributed by atoms with Crippen molar-refractivity contribution in [1.29, 1.82) is 0 Å². The highest BCUT2D eigenvalue weighted by molar-refractivity contribution is 6.36. The molecule has 5 nitrogen and oxygen atoms in total. The highest BCUT2D eigenvalue weighted by Crippen LogP contribution is 2.26. The third kappa shape index (κ3) is 3.97. The predicted molar refractivity (Wildman–Crippen MR) is 90.0 cm³/mol. The second kappa shape index (κ2) is 7.21. The van der Waals surface area contributed by atoms with E-state index in [4.69, 9.17) is 32.4 Å². The molecule has 0 radical (unpaired) electrons. The van der Waals surface area contributed by atoms with Crippen molar-refractivity contribution in [1.82, 2.24) is 10.2 Å². The van der Waals surface area contributed by atoms with Crippen molar-refractivity contribution in [3.8, 4) is 11.5 Å². The Kier molecular flexibility index (Phi) is 5.01. The smallest absolute Gasteiger partial charge is 0.340 e. The standard InChI is InChI=1S/C17H11Cl2FN2O3/c1-9(24-17(23)13-7-4-11(18)8-14(13)19)15-21-22-16(25-15)10-2-5-12(20)6-3-10/h2-9H,1H3/t9-/m0/s1. The number of hydrogen-bond donors (Lipinski definition) is 0. The molecule has 0 unspecified atom stereocenters. The highest BCUT2D eigenvalue weighted by atomic mass is 35.5. The van der Waals surface area contributed by atoms with Gasteiger partial charge in [-0.3, -0.25) is 0 Å². The molecule has 3 rings (SSSR count). The summed E-state index contributed by atoms with van der Waals surface area (Å²) in [5.74, 6) is -0.707. The van der Waals surface area contributed by atoms with Gasteiger partial charge in [-0.1, -0.05) is 23.2 Å². The van der Waals surface area contributed by atoms with E-state index in [1.807, 2.05) is 0 Å². The lowest BCUT2D eigenvalue weighted by molar-refractivity contribution is 0.0280. The van der Waals surface area contributed by atoms with Gasteiger partial charge in [-0.2, -0.15) is 0 Å². The van der Waals surface area contributed by atoms with E-state index in [-0.39, 0.29) is 28.2 Å². The molecule has 1 aromatic heterocycles. The Hall–Kier alpha value is -2.44. The number of nitrogens with zero attached hydrogens (tertiary/aromatic N) is 2. The maximum atomic E-state index is 13.0. The molecule has 0 saturated heterocycles. The Bertz CT molecular complexity index is 913. The maximum Gasteiger partial charge on any atom is 0.340 e. The van der Waals surface area contributed by atoms with Crippen LogP contribution in [0.2, 0.25) is 10.0 Å². The molecule has 0 saturated carbocycles. The van der Waals surface area contributed by atoms with Crippen molar-refractivity contribution in [2.75, 3.05) is 0 Å². The summed E-state index contributed by atoms with van der Waals surface area (Å²) in [7, 11) is 0. The Morgan fingerprint density at radius 3 is 2.56 bits per heavy atom. The van der Waals surface area contributed by atoms with Gasteiger partial charge < -0.3 is 9.15 Å². The van der Waals surface area contributed by atoms with Crippen LogP contribution in [0.3, 0.4) is 0 Å². The van der Waals surface area contributed by atoms with Crippen LogP contribution in [0.15, 0.2) is 46.9 Å². The monoisotopic (exact) mass is 380 g/mol. The number of hydrogen-bond acceptors (Lipinski definition) is 5. The zero-order valence-electron chi connectivity index (χ0n) is 12.9. The molecule has 0 spiro atoms. The van der Waals surface area contributed by atoms with Crippen molar-refractivity contribution >= 4 is 29.2 Å². The van der Waals surface area contributed by atoms with E-state index >= 15 is 0 Å². The Morgan fingerprint density at radius 2 is 1.88 bits per heavy atom. The molecule has 2 aromatic carbocycles. The number of benzene rings is 2. The number of carbonyl (C=O) groups excluding carboxylic acids is 1. The molecule has 0 aliphatic heterocycles. The minimum absolute atomic E-state index is 0.109. The molecule has 1 heterocycles. The number of rotatable bonds is 4. The molecule has 0 aliphatic carbocycles. The van der Waals surface area contributed by atoms with Crippen molar-refractivity contribution in [2.24, 2.45) is 0 Å². The van der Waals surface area contributed by atoms with Crippen LogP contribution in [0, 0.1) is 5.82 Å². The van der Waals surface area contributed by atoms with Crippen LogP contribution >= 0.6 is 23.2 Å². The van der Waals surface area contributed by atoms with Crippen molar-refractivity contribution in [3.63, 3.8) is 0 Å². The van der Waals surface area contributed by atoms with Gasteiger partial charge in [0.2, 0.25) is 5.89 Å². The second-order valence-corrected chi connectivity index (χ2v) is 5.97. The first-order valence-electron chi connectivity index (χ1n) is 7.19. The normalized spacial score (nSPS) is 12.0. The molecule has 0 fully saturated rings. The van der Waals surface area contributed by atoms with E-state index in [0.29, 0.717) is 10.6 Å². The van der Waals surface area contributed by atoms with E-state index in [1.165, 1.54) is 42.5 Å². The third-order valence-corrected chi connectivity index (χ3v) is 3.86. The number of esters is 1. The third-order valence-electron chi connectivity index (χ3n) is 3.31. The fourth-order valence-electron chi connectivity index (χ4n) is 2.04. The molecule has 8 heteroatoms. The van der Waals surface area contributed by atoms with E-state index in [1.54, 1.807) is 6.92 Å². The van der Waals surface area contributed by atoms with Crippen molar-refractivity contribution in [2.45, 2.75) is 13.0 Å². The zero-order valence-corrected chi connectivity index (χ0v) is 14.4. The Balaban J connectivity index is 1.74. The van der Waals surface area contributed by atoms with Crippen LogP contribution in [0.4, 0.5) is 4.39 Å². The summed E-state index contributed by atoms with van der Waals surface area (Å²) < 4.78 is 23.7. The topological polar surface area (TPSA) is 65.2 Å². The van der Waals surface area contributed by atoms with Gasteiger partial charge in [-0.05, 0) is 49.4 Å². The lowest BCUT2D eigenvalue weighted by Crippen LogP contribution is -2.10.